The third-order valence-corrected chi connectivity index (χ3v) is 3.43. The largest absolute Gasteiger partial charge is 0.496 e. The van der Waals surface area contributed by atoms with Gasteiger partial charge in [-0.15, -0.1) is 0 Å². The molecule has 0 spiro atoms. The molecule has 1 aromatic rings. The van der Waals surface area contributed by atoms with E-state index >= 15 is 0 Å². The first kappa shape index (κ1) is 15.6. The summed E-state index contributed by atoms with van der Waals surface area (Å²) in [6.07, 6.45) is -0.0463. The van der Waals surface area contributed by atoms with Crippen molar-refractivity contribution < 1.29 is 19.4 Å². The lowest BCUT2D eigenvalue weighted by molar-refractivity contribution is -0.138. The zero-order valence-electron chi connectivity index (χ0n) is 11.8. The lowest BCUT2D eigenvalue weighted by atomic mass is 9.80. The summed E-state index contributed by atoms with van der Waals surface area (Å²) >= 11 is 6.37. The Balaban J connectivity index is 3.52. The number of carbonyl (C=O) groups is 1. The molecule has 0 saturated heterocycles. The Kier molecular flexibility index (Phi) is 4.69. The van der Waals surface area contributed by atoms with Crippen LogP contribution in [0.1, 0.15) is 31.4 Å². The van der Waals surface area contributed by atoms with E-state index in [0.29, 0.717) is 22.1 Å². The maximum atomic E-state index is 11.0. The number of benzene rings is 1. The van der Waals surface area contributed by atoms with Crippen LogP contribution in [0.2, 0.25) is 5.02 Å². The predicted octanol–water partition coefficient (Wildman–Crippen LogP) is 3.42. The van der Waals surface area contributed by atoms with Crippen LogP contribution in [0, 0.1) is 6.92 Å². The van der Waals surface area contributed by atoms with Crippen molar-refractivity contribution in [2.45, 2.75) is 32.6 Å². The molecule has 0 radical (unpaired) electrons. The van der Waals surface area contributed by atoms with Gasteiger partial charge in [-0.25, -0.2) is 0 Å². The summed E-state index contributed by atoms with van der Waals surface area (Å²) < 4.78 is 10.6. The standard InChI is InChI=1S/C14H19ClO4/c1-8-6-9(18-4)11(12(15)13(8)19-5)14(2,3)7-10(16)17/h6H,7H2,1-5H3,(H,16,17). The Morgan fingerprint density at radius 2 is 1.95 bits per heavy atom. The van der Waals surface area contributed by atoms with E-state index in [1.165, 1.54) is 14.2 Å². The molecule has 0 fully saturated rings. The quantitative estimate of drug-likeness (QED) is 0.901. The normalized spacial score (nSPS) is 11.3. The first-order valence-corrected chi connectivity index (χ1v) is 6.25. The van der Waals surface area contributed by atoms with Crippen molar-refractivity contribution in [1.82, 2.24) is 0 Å². The number of hydrogen-bond acceptors (Lipinski definition) is 3. The summed E-state index contributed by atoms with van der Waals surface area (Å²) in [5, 5.41) is 9.44. The molecule has 4 nitrogen and oxygen atoms in total. The zero-order chi connectivity index (χ0) is 14.8. The first-order chi connectivity index (χ1) is 8.74. The average molecular weight is 287 g/mol. The fourth-order valence-corrected chi connectivity index (χ4v) is 2.81. The van der Waals surface area contributed by atoms with E-state index in [-0.39, 0.29) is 6.42 Å². The minimum Gasteiger partial charge on any atom is -0.496 e. The van der Waals surface area contributed by atoms with Crippen LogP contribution in [0.4, 0.5) is 0 Å². The second kappa shape index (κ2) is 5.70. The monoisotopic (exact) mass is 286 g/mol. The van der Waals surface area contributed by atoms with Crippen molar-refractivity contribution >= 4 is 17.6 Å². The number of carboxylic acid groups (broad SMARTS) is 1. The van der Waals surface area contributed by atoms with E-state index in [4.69, 9.17) is 26.2 Å². The van der Waals surface area contributed by atoms with Gasteiger partial charge in [0.1, 0.15) is 11.5 Å². The smallest absolute Gasteiger partial charge is 0.304 e. The maximum Gasteiger partial charge on any atom is 0.304 e. The Morgan fingerprint density at radius 1 is 1.37 bits per heavy atom. The summed E-state index contributed by atoms with van der Waals surface area (Å²) in [5.74, 6) is 0.244. The van der Waals surface area contributed by atoms with Crippen LogP contribution in [0.3, 0.4) is 0 Å². The van der Waals surface area contributed by atoms with Crippen LogP contribution in [0.15, 0.2) is 6.07 Å². The van der Waals surface area contributed by atoms with Gasteiger partial charge in [-0.05, 0) is 18.6 Å². The fraction of sp³-hybridized carbons (Fsp3) is 0.500. The van der Waals surface area contributed by atoms with Gasteiger partial charge >= 0.3 is 5.97 Å². The summed E-state index contributed by atoms with van der Waals surface area (Å²) in [6, 6.07) is 1.81. The Hall–Kier alpha value is -1.42. The highest BCUT2D eigenvalue weighted by Gasteiger charge is 2.32. The number of hydrogen-bond donors (Lipinski definition) is 1. The average Bonchev–Trinajstić information content (AvgIpc) is 2.26. The van der Waals surface area contributed by atoms with Crippen LogP contribution in [0.25, 0.3) is 0 Å². The van der Waals surface area contributed by atoms with Crippen LogP contribution in [0.5, 0.6) is 11.5 Å². The molecule has 0 heterocycles. The van der Waals surface area contributed by atoms with Crippen molar-refractivity contribution in [3.8, 4) is 11.5 Å². The summed E-state index contributed by atoms with van der Waals surface area (Å²) in [7, 11) is 3.08. The topological polar surface area (TPSA) is 55.8 Å². The van der Waals surface area contributed by atoms with Crippen LogP contribution in [-0.4, -0.2) is 25.3 Å². The number of carboxylic acids is 1. The molecule has 0 aliphatic rings. The SMILES string of the molecule is COc1cc(C)c(OC)c(Cl)c1C(C)(C)CC(=O)O. The van der Waals surface area contributed by atoms with E-state index in [1.54, 1.807) is 0 Å². The minimum atomic E-state index is -0.886. The lowest BCUT2D eigenvalue weighted by Crippen LogP contribution is -2.23. The third-order valence-electron chi connectivity index (χ3n) is 3.06. The number of ether oxygens (including phenoxy) is 2. The van der Waals surface area contributed by atoms with Crippen molar-refractivity contribution in [1.29, 1.82) is 0 Å². The molecule has 0 amide bonds. The predicted molar refractivity (Wildman–Crippen MR) is 74.6 cm³/mol. The third kappa shape index (κ3) is 3.13. The van der Waals surface area contributed by atoms with Crippen LogP contribution < -0.4 is 9.47 Å². The van der Waals surface area contributed by atoms with Gasteiger partial charge in [-0.1, -0.05) is 25.4 Å². The molecule has 0 aliphatic carbocycles. The molecular weight excluding hydrogens is 268 g/mol. The summed E-state index contributed by atoms with van der Waals surface area (Å²) in [6.45, 7) is 5.50. The highest BCUT2D eigenvalue weighted by Crippen LogP contribution is 2.45. The zero-order valence-corrected chi connectivity index (χ0v) is 12.6. The van der Waals surface area contributed by atoms with Gasteiger partial charge < -0.3 is 14.6 Å². The number of methoxy groups -OCH3 is 2. The number of rotatable bonds is 5. The lowest BCUT2D eigenvalue weighted by Gasteiger charge is -2.28. The molecule has 106 valence electrons. The molecule has 1 N–H and O–H groups in total. The first-order valence-electron chi connectivity index (χ1n) is 5.88. The second-order valence-corrected chi connectivity index (χ2v) is 5.45. The molecule has 1 rings (SSSR count). The van der Waals surface area contributed by atoms with Gasteiger partial charge in [0.2, 0.25) is 0 Å². The molecule has 0 saturated carbocycles. The summed E-state index contributed by atoms with van der Waals surface area (Å²) in [4.78, 5) is 11.0. The Bertz CT molecular complexity index is 495. The summed E-state index contributed by atoms with van der Waals surface area (Å²) in [5.41, 5.74) is 0.843. The van der Waals surface area contributed by atoms with E-state index < -0.39 is 11.4 Å². The molecular formula is C14H19ClO4. The van der Waals surface area contributed by atoms with Crippen LogP contribution >= 0.6 is 11.6 Å². The number of halogens is 1. The van der Waals surface area contributed by atoms with Crippen molar-refractivity contribution in [3.63, 3.8) is 0 Å². The molecule has 5 heteroatoms. The Morgan fingerprint density at radius 3 is 2.37 bits per heavy atom. The number of aliphatic carboxylic acids is 1. The van der Waals surface area contributed by atoms with Gasteiger partial charge in [0.15, 0.2) is 0 Å². The van der Waals surface area contributed by atoms with Crippen LogP contribution in [-0.2, 0) is 10.2 Å². The van der Waals surface area contributed by atoms with Gasteiger partial charge in [-0.3, -0.25) is 4.79 Å². The van der Waals surface area contributed by atoms with Gasteiger partial charge in [0.25, 0.3) is 0 Å². The van der Waals surface area contributed by atoms with Crippen molar-refractivity contribution in [2.24, 2.45) is 0 Å². The molecule has 0 unspecified atom stereocenters. The Labute approximate surface area is 118 Å². The second-order valence-electron chi connectivity index (χ2n) is 5.07. The fourth-order valence-electron chi connectivity index (χ4n) is 2.24. The molecule has 0 aliphatic heterocycles. The highest BCUT2D eigenvalue weighted by molar-refractivity contribution is 6.33. The van der Waals surface area contributed by atoms with Crippen molar-refractivity contribution in [2.75, 3.05) is 14.2 Å². The van der Waals surface area contributed by atoms with Gasteiger partial charge in [0.05, 0.1) is 25.7 Å². The molecule has 0 atom stereocenters. The number of aryl methyl sites for hydroxylation is 1. The minimum absolute atomic E-state index is 0.0463. The van der Waals surface area contributed by atoms with E-state index in [1.807, 2.05) is 26.8 Å². The van der Waals surface area contributed by atoms with Gasteiger partial charge in [0, 0.05) is 11.0 Å². The maximum absolute atomic E-state index is 11.0. The van der Waals surface area contributed by atoms with E-state index in [0.717, 1.165) is 5.56 Å². The van der Waals surface area contributed by atoms with E-state index in [9.17, 15) is 4.79 Å². The molecule has 19 heavy (non-hydrogen) atoms. The van der Waals surface area contributed by atoms with Crippen molar-refractivity contribution in [3.05, 3.63) is 22.2 Å². The highest BCUT2D eigenvalue weighted by atomic mass is 35.5. The van der Waals surface area contributed by atoms with Gasteiger partial charge in [-0.2, -0.15) is 0 Å². The molecule has 1 aromatic carbocycles. The molecule has 0 bridgehead atoms. The molecule has 0 aromatic heterocycles. The van der Waals surface area contributed by atoms with E-state index in [2.05, 4.69) is 0 Å².